The summed E-state index contributed by atoms with van der Waals surface area (Å²) in [6, 6.07) is 1.94. The highest BCUT2D eigenvalue weighted by Gasteiger charge is 2.38. The third-order valence-electron chi connectivity index (χ3n) is 4.14. The maximum atomic E-state index is 10.6. The molecule has 3 aromatic rings. The van der Waals surface area contributed by atoms with Crippen molar-refractivity contribution in [1.82, 2.24) is 29.2 Å². The predicted molar refractivity (Wildman–Crippen MR) is 107 cm³/mol. The molecule has 35 heavy (non-hydrogen) atoms. The first-order chi connectivity index (χ1) is 16.3. The monoisotopic (exact) mass is 528 g/mol. The van der Waals surface area contributed by atoms with Crippen molar-refractivity contribution < 1.29 is 46.1 Å². The molecule has 4 rings (SSSR count). The van der Waals surface area contributed by atoms with E-state index >= 15 is 0 Å². The van der Waals surface area contributed by atoms with Crippen LogP contribution in [0.1, 0.15) is 16.5 Å². The van der Waals surface area contributed by atoms with Gasteiger partial charge < -0.3 is 14.8 Å². The molecule has 1 aliphatic heterocycles. The lowest BCUT2D eigenvalue weighted by Crippen LogP contribution is -2.33. The summed E-state index contributed by atoms with van der Waals surface area (Å²) in [6.45, 7) is 4.58. The van der Waals surface area contributed by atoms with Crippen LogP contribution in [0.2, 0.25) is 0 Å². The largest absolute Gasteiger partial charge is 0.490 e. The summed E-state index contributed by atoms with van der Waals surface area (Å²) in [6.07, 6.45) is -2.39. The summed E-state index contributed by atoms with van der Waals surface area (Å²) in [5.74, 6) is -4.38. The van der Waals surface area contributed by atoms with Gasteiger partial charge in [-0.05, 0) is 6.07 Å². The van der Waals surface area contributed by atoms with Crippen LogP contribution in [0.4, 0.5) is 26.3 Å². The highest BCUT2D eigenvalue weighted by atomic mass is 32.1. The van der Waals surface area contributed by atoms with Gasteiger partial charge in [-0.15, -0.1) is 11.3 Å². The third kappa shape index (κ3) is 9.36. The van der Waals surface area contributed by atoms with Gasteiger partial charge in [-0.1, -0.05) is 0 Å². The number of carboxylic acid groups (broad SMARTS) is 2. The Morgan fingerprint density at radius 2 is 1.63 bits per heavy atom. The maximum Gasteiger partial charge on any atom is 0.490 e. The lowest BCUT2D eigenvalue weighted by atomic mass is 10.3. The number of thiazole rings is 1. The van der Waals surface area contributed by atoms with Crippen molar-refractivity contribution in [3.8, 4) is 0 Å². The van der Waals surface area contributed by atoms with Crippen LogP contribution in [-0.2, 0) is 35.8 Å². The lowest BCUT2D eigenvalue weighted by Gasteiger charge is -2.26. The second-order valence-electron chi connectivity index (χ2n) is 6.79. The van der Waals surface area contributed by atoms with Crippen molar-refractivity contribution >= 4 is 23.3 Å². The van der Waals surface area contributed by atoms with Crippen molar-refractivity contribution in [3.63, 3.8) is 0 Å². The molecule has 2 N–H and O–H groups in total. The minimum Gasteiger partial charge on any atom is -0.475 e. The summed E-state index contributed by atoms with van der Waals surface area (Å²) in [7, 11) is 0. The molecule has 0 amide bonds. The van der Waals surface area contributed by atoms with Gasteiger partial charge in [-0.3, -0.25) is 9.58 Å². The number of aliphatic carboxylic acids is 2. The van der Waals surface area contributed by atoms with E-state index in [-0.39, 0.29) is 0 Å². The minimum atomic E-state index is -5.08. The van der Waals surface area contributed by atoms with E-state index in [1.165, 1.54) is 5.01 Å². The number of fused-ring (bicyclic) bond motifs is 1. The number of carboxylic acids is 2. The Morgan fingerprint density at radius 1 is 1.00 bits per heavy atom. The molecule has 0 atom stereocenters. The molecule has 3 aromatic heterocycles. The van der Waals surface area contributed by atoms with Crippen LogP contribution < -0.4 is 0 Å². The smallest absolute Gasteiger partial charge is 0.475 e. The van der Waals surface area contributed by atoms with Gasteiger partial charge in [0, 0.05) is 43.3 Å². The van der Waals surface area contributed by atoms with E-state index in [9.17, 15) is 26.3 Å². The molecule has 0 unspecified atom stereocenters. The topological polar surface area (TPSA) is 126 Å². The highest BCUT2D eigenvalue weighted by Crippen LogP contribution is 2.17. The summed E-state index contributed by atoms with van der Waals surface area (Å²) in [5, 5.41) is 21.7. The highest BCUT2D eigenvalue weighted by molar-refractivity contribution is 7.09. The van der Waals surface area contributed by atoms with E-state index in [1.807, 2.05) is 28.5 Å². The van der Waals surface area contributed by atoms with Crippen LogP contribution in [0.3, 0.4) is 0 Å². The molecule has 4 heterocycles. The molecule has 10 nitrogen and oxygen atoms in total. The summed E-state index contributed by atoms with van der Waals surface area (Å²) >= 11 is 1.71. The van der Waals surface area contributed by atoms with Crippen molar-refractivity contribution in [1.29, 1.82) is 0 Å². The first-order valence-corrected chi connectivity index (χ1v) is 10.4. The molecule has 0 aromatic carbocycles. The van der Waals surface area contributed by atoms with E-state index in [1.54, 1.807) is 17.5 Å². The average molecular weight is 528 g/mol. The van der Waals surface area contributed by atoms with Crippen LogP contribution in [0, 0.1) is 0 Å². The molecular weight excluding hydrogens is 510 g/mol. The molecule has 0 aliphatic carbocycles. The fourth-order valence-corrected chi connectivity index (χ4v) is 3.31. The zero-order chi connectivity index (χ0) is 26.2. The number of aromatic nitrogens is 5. The molecule has 0 fully saturated rings. The van der Waals surface area contributed by atoms with Crippen molar-refractivity contribution in [2.75, 3.05) is 6.54 Å². The van der Waals surface area contributed by atoms with Crippen LogP contribution >= 0.6 is 11.3 Å². The SMILES string of the molecule is O=C(O)C(F)(F)F.O=C(O)C(F)(F)F.c1cnn(Cc2cn3c(n2)CN(Cc2nccs2)CC3)c1. The third-order valence-corrected chi connectivity index (χ3v) is 4.91. The van der Waals surface area contributed by atoms with Gasteiger partial charge in [0.1, 0.15) is 10.8 Å². The number of halogens is 6. The van der Waals surface area contributed by atoms with E-state index in [2.05, 4.69) is 25.7 Å². The number of rotatable bonds is 4. The number of imidazole rings is 1. The van der Waals surface area contributed by atoms with Crippen LogP contribution in [0.15, 0.2) is 36.2 Å². The van der Waals surface area contributed by atoms with Crippen molar-refractivity contribution in [2.24, 2.45) is 0 Å². The molecule has 0 radical (unpaired) electrons. The molecule has 192 valence electrons. The zero-order valence-corrected chi connectivity index (χ0v) is 18.4. The molecule has 0 bridgehead atoms. The molecule has 0 spiro atoms. The van der Waals surface area contributed by atoms with Gasteiger partial charge in [0.25, 0.3) is 0 Å². The van der Waals surface area contributed by atoms with Gasteiger partial charge in [-0.25, -0.2) is 19.6 Å². The Morgan fingerprint density at radius 3 is 2.11 bits per heavy atom. The second-order valence-corrected chi connectivity index (χ2v) is 7.77. The molecular formula is C18H18F6N6O4S. The normalized spacial score (nSPS) is 13.7. The Balaban J connectivity index is 0.000000257. The van der Waals surface area contributed by atoms with Gasteiger partial charge in [0.15, 0.2) is 0 Å². The Bertz CT molecular complexity index is 1060. The Kier molecular flexibility index (Phi) is 9.35. The minimum absolute atomic E-state index is 0.736. The number of nitrogens with zero attached hydrogens (tertiary/aromatic N) is 6. The standard InChI is InChI=1S/C14H16N6S.2C2HF3O2/c1-2-16-20(4-1)9-12-8-19-6-5-18(10-13(19)17-12)11-14-15-3-7-21-14;2*3-2(4,5)1(6)7/h1-4,7-8H,5-6,9-11H2;2*(H,6,7). The number of hydrogen-bond donors (Lipinski definition) is 2. The molecule has 17 heteroatoms. The summed E-state index contributed by atoms with van der Waals surface area (Å²) in [5.41, 5.74) is 1.07. The zero-order valence-electron chi connectivity index (χ0n) is 17.6. The summed E-state index contributed by atoms with van der Waals surface area (Å²) < 4.78 is 67.6. The molecule has 0 saturated heterocycles. The fraction of sp³-hybridized carbons (Fsp3) is 0.389. The first kappa shape index (κ1) is 27.8. The van der Waals surface area contributed by atoms with Crippen LogP contribution in [-0.4, -0.2) is 70.3 Å². The fourth-order valence-electron chi connectivity index (χ4n) is 2.65. The van der Waals surface area contributed by atoms with Gasteiger partial charge in [0.05, 0.1) is 25.3 Å². The number of hydrogen-bond acceptors (Lipinski definition) is 7. The van der Waals surface area contributed by atoms with Crippen LogP contribution in [0.5, 0.6) is 0 Å². The Labute approximate surface area is 197 Å². The van der Waals surface area contributed by atoms with E-state index in [4.69, 9.17) is 24.8 Å². The molecule has 1 aliphatic rings. The van der Waals surface area contributed by atoms with Crippen molar-refractivity contribution in [2.45, 2.75) is 38.5 Å². The lowest BCUT2D eigenvalue weighted by molar-refractivity contribution is -0.193. The quantitative estimate of drug-likeness (QED) is 0.495. The van der Waals surface area contributed by atoms with E-state index in [0.29, 0.717) is 0 Å². The second kappa shape index (κ2) is 11.8. The average Bonchev–Trinajstić information content (AvgIpc) is 3.49. The Hall–Kier alpha value is -3.47. The first-order valence-electron chi connectivity index (χ1n) is 9.49. The van der Waals surface area contributed by atoms with Gasteiger partial charge in [0.2, 0.25) is 0 Å². The molecule has 0 saturated carbocycles. The van der Waals surface area contributed by atoms with E-state index < -0.39 is 24.3 Å². The predicted octanol–water partition coefficient (Wildman–Crippen LogP) is 2.87. The maximum absolute atomic E-state index is 10.6. The number of alkyl halides is 6. The van der Waals surface area contributed by atoms with Gasteiger partial charge >= 0.3 is 24.3 Å². The van der Waals surface area contributed by atoms with Crippen molar-refractivity contribution in [3.05, 3.63) is 52.8 Å². The van der Waals surface area contributed by atoms with E-state index in [0.717, 1.165) is 44.2 Å². The summed E-state index contributed by atoms with van der Waals surface area (Å²) in [4.78, 5) is 29.3. The van der Waals surface area contributed by atoms with Gasteiger partial charge in [-0.2, -0.15) is 31.4 Å². The number of carbonyl (C=O) groups is 2. The van der Waals surface area contributed by atoms with Crippen LogP contribution in [0.25, 0.3) is 0 Å².